The van der Waals surface area contributed by atoms with E-state index in [9.17, 15) is 0 Å². The van der Waals surface area contributed by atoms with Crippen molar-refractivity contribution in [3.8, 4) is 0 Å². The molecule has 0 aliphatic carbocycles. The Morgan fingerprint density at radius 1 is 1.40 bits per heavy atom. The molecule has 0 saturated heterocycles. The van der Waals surface area contributed by atoms with Crippen LogP contribution in [0.5, 0.6) is 0 Å². The third kappa shape index (κ3) is 28.3. The Bertz CT molecular complexity index is 36.7. The van der Waals surface area contributed by atoms with E-state index in [1.54, 1.807) is 0 Å². The first-order valence-electron chi connectivity index (χ1n) is 0.408. The number of hydrogen-bond donors (Lipinski definition) is 0. The molecule has 0 bridgehead atoms. The molecular formula is H2CuMgO2Ti. The molecule has 0 aromatic rings. The molecule has 0 amide bonds. The van der Waals surface area contributed by atoms with E-state index < -0.39 is 19.1 Å². The normalized spacial score (nSPS) is 1.60. The van der Waals surface area contributed by atoms with Crippen LogP contribution < -0.4 is 0 Å². The SMILES string of the molecule is [Cu].[H-].[H-].[Mg+2].[O]=[Ti]=[O]. The van der Waals surface area contributed by atoms with Gasteiger partial charge in [0.1, 0.15) is 0 Å². The van der Waals surface area contributed by atoms with Crippen molar-refractivity contribution in [3.63, 3.8) is 0 Å². The second-order valence-corrected chi connectivity index (χ2v) is 0.344. The average molecular weight is 170 g/mol. The van der Waals surface area contributed by atoms with Gasteiger partial charge < -0.3 is 2.85 Å². The van der Waals surface area contributed by atoms with Gasteiger partial charge in [-0.25, -0.2) is 0 Å². The molecule has 0 aromatic carbocycles. The van der Waals surface area contributed by atoms with Gasteiger partial charge in [-0.15, -0.1) is 0 Å². The predicted molar refractivity (Wildman–Crippen MR) is 9.35 cm³/mol. The first-order chi connectivity index (χ1) is 1.41. The maximum atomic E-state index is 8.50. The van der Waals surface area contributed by atoms with E-state index in [2.05, 4.69) is 0 Å². The van der Waals surface area contributed by atoms with Gasteiger partial charge in [0.2, 0.25) is 0 Å². The third-order valence-corrected chi connectivity index (χ3v) is 0. The van der Waals surface area contributed by atoms with Crippen molar-refractivity contribution >= 4 is 23.1 Å². The van der Waals surface area contributed by atoms with Crippen molar-refractivity contribution in [2.45, 2.75) is 0 Å². The Kier molecular flexibility index (Phi) is 56.0. The summed E-state index contributed by atoms with van der Waals surface area (Å²) < 4.78 is 17.0. The summed E-state index contributed by atoms with van der Waals surface area (Å²) in [4.78, 5) is 0. The summed E-state index contributed by atoms with van der Waals surface area (Å²) in [5.74, 6) is 0. The topological polar surface area (TPSA) is 34.1 Å². The standard InChI is InChI=1S/Cu.Mg.2O.Ti.2H/q;+2;;;;2*-1. The Hall–Kier alpha value is 1.60. The van der Waals surface area contributed by atoms with Gasteiger partial charge in [0.05, 0.1) is 0 Å². The Labute approximate surface area is 68.2 Å². The fourth-order valence-electron chi connectivity index (χ4n) is 0. The van der Waals surface area contributed by atoms with Crippen molar-refractivity contribution < 1.29 is 45.7 Å². The molecule has 0 aliphatic heterocycles. The molecule has 0 saturated carbocycles. The third-order valence-electron chi connectivity index (χ3n) is 0. The van der Waals surface area contributed by atoms with E-state index in [1.807, 2.05) is 0 Å². The van der Waals surface area contributed by atoms with Crippen molar-refractivity contribution in [1.82, 2.24) is 0 Å². The fourth-order valence-corrected chi connectivity index (χ4v) is 0. The molecule has 0 atom stereocenters. The van der Waals surface area contributed by atoms with Crippen LogP contribution in [0.25, 0.3) is 0 Å². The van der Waals surface area contributed by atoms with Gasteiger partial charge in [-0.2, -0.15) is 0 Å². The average Bonchev–Trinajstić information content (AvgIpc) is 0.918. The van der Waals surface area contributed by atoms with Crippen molar-refractivity contribution in [3.05, 3.63) is 0 Å². The first kappa shape index (κ1) is 16.0. The number of hydrogen-bond acceptors (Lipinski definition) is 2. The van der Waals surface area contributed by atoms with Crippen LogP contribution in [0.4, 0.5) is 0 Å². The van der Waals surface area contributed by atoms with Crippen LogP contribution in [-0.4, -0.2) is 23.1 Å². The summed E-state index contributed by atoms with van der Waals surface area (Å²) in [7, 11) is 0. The minimum absolute atomic E-state index is 0. The summed E-state index contributed by atoms with van der Waals surface area (Å²) in [6.45, 7) is 0. The zero-order valence-electron chi connectivity index (χ0n) is 4.33. The van der Waals surface area contributed by atoms with E-state index in [0.29, 0.717) is 0 Å². The fraction of sp³-hybridized carbons (Fsp3) is 0. The van der Waals surface area contributed by atoms with Crippen molar-refractivity contribution in [2.75, 3.05) is 0 Å². The molecule has 0 spiro atoms. The molecule has 5 heteroatoms. The molecule has 5 heavy (non-hydrogen) atoms. The predicted octanol–water partition coefficient (Wildman–Crippen LogP) is -0.398. The van der Waals surface area contributed by atoms with Crippen LogP contribution in [0.15, 0.2) is 0 Å². The zero-order chi connectivity index (χ0) is 2.71. The molecule has 0 rings (SSSR count). The Morgan fingerprint density at radius 2 is 1.40 bits per heavy atom. The summed E-state index contributed by atoms with van der Waals surface area (Å²) >= 11 is -2.00. The molecular weight excluding hydrogens is 168 g/mol. The van der Waals surface area contributed by atoms with Crippen LogP contribution in [-0.2, 0) is 42.8 Å². The molecule has 0 aliphatic rings. The van der Waals surface area contributed by atoms with Gasteiger partial charge >= 0.3 is 48.8 Å². The van der Waals surface area contributed by atoms with Gasteiger partial charge in [0, 0.05) is 17.1 Å². The molecule has 31 valence electrons. The van der Waals surface area contributed by atoms with Gasteiger partial charge in [0.15, 0.2) is 0 Å². The molecule has 1 radical (unpaired) electrons. The summed E-state index contributed by atoms with van der Waals surface area (Å²) in [6.07, 6.45) is 0. The van der Waals surface area contributed by atoms with Crippen LogP contribution >= 0.6 is 0 Å². The summed E-state index contributed by atoms with van der Waals surface area (Å²) in [5, 5.41) is 0. The van der Waals surface area contributed by atoms with Crippen LogP contribution in [0.2, 0.25) is 0 Å². The number of rotatable bonds is 0. The van der Waals surface area contributed by atoms with Crippen LogP contribution in [0.3, 0.4) is 0 Å². The summed E-state index contributed by atoms with van der Waals surface area (Å²) in [5.41, 5.74) is 0. The van der Waals surface area contributed by atoms with Crippen LogP contribution in [0.1, 0.15) is 2.85 Å². The van der Waals surface area contributed by atoms with Crippen LogP contribution in [0, 0.1) is 0 Å². The van der Waals surface area contributed by atoms with E-state index in [0.717, 1.165) is 0 Å². The summed E-state index contributed by atoms with van der Waals surface area (Å²) in [6, 6.07) is 0. The van der Waals surface area contributed by atoms with Crippen molar-refractivity contribution in [1.29, 1.82) is 0 Å². The van der Waals surface area contributed by atoms with Gasteiger partial charge in [-0.1, -0.05) is 0 Å². The Morgan fingerprint density at radius 3 is 1.40 bits per heavy atom. The minimum atomic E-state index is -2.00. The molecule has 0 unspecified atom stereocenters. The van der Waals surface area contributed by atoms with Gasteiger partial charge in [-0.3, -0.25) is 0 Å². The second-order valence-electron chi connectivity index (χ2n) is 0.0833. The zero-order valence-corrected chi connectivity index (χ0v) is 6.24. The van der Waals surface area contributed by atoms with Crippen molar-refractivity contribution in [2.24, 2.45) is 0 Å². The molecule has 0 N–H and O–H groups in total. The first-order valence-corrected chi connectivity index (χ1v) is 1.68. The van der Waals surface area contributed by atoms with E-state index in [-0.39, 0.29) is 43.0 Å². The molecule has 0 heterocycles. The quantitative estimate of drug-likeness (QED) is 0.463. The van der Waals surface area contributed by atoms with Gasteiger partial charge in [0.25, 0.3) is 0 Å². The maximum absolute atomic E-state index is 8.50. The van der Waals surface area contributed by atoms with E-state index >= 15 is 0 Å². The molecule has 0 fully saturated rings. The van der Waals surface area contributed by atoms with E-state index in [4.69, 9.17) is 6.65 Å². The van der Waals surface area contributed by atoms with Gasteiger partial charge in [-0.05, 0) is 0 Å². The monoisotopic (exact) mass is 169 g/mol. The molecule has 0 aromatic heterocycles. The van der Waals surface area contributed by atoms with E-state index in [1.165, 1.54) is 0 Å². The second kappa shape index (κ2) is 17.5. The molecule has 2 nitrogen and oxygen atoms in total. The Balaban J connectivity index is -0.00000000333.